The van der Waals surface area contributed by atoms with Gasteiger partial charge in [-0.15, -0.1) is 0 Å². The van der Waals surface area contributed by atoms with E-state index >= 15 is 0 Å². The van der Waals surface area contributed by atoms with Crippen LogP contribution >= 0.6 is 0 Å². The van der Waals surface area contributed by atoms with E-state index in [1.807, 2.05) is 27.7 Å². The van der Waals surface area contributed by atoms with Crippen LogP contribution in [0.4, 0.5) is 0 Å². The molecule has 0 radical (unpaired) electrons. The van der Waals surface area contributed by atoms with Crippen LogP contribution in [0.25, 0.3) is 10.9 Å². The lowest BCUT2D eigenvalue weighted by Crippen LogP contribution is -2.71. The summed E-state index contributed by atoms with van der Waals surface area (Å²) in [6.07, 6.45) is 6.07. The van der Waals surface area contributed by atoms with Gasteiger partial charge in [0.2, 0.25) is 17.5 Å². The maximum atomic E-state index is 14.4. The van der Waals surface area contributed by atoms with Crippen LogP contribution in [-0.2, 0) is 35.7 Å². The van der Waals surface area contributed by atoms with Crippen molar-refractivity contribution in [3.05, 3.63) is 35.5 Å². The molecule has 1 aliphatic carbocycles. The second-order valence-electron chi connectivity index (χ2n) is 14.7. The van der Waals surface area contributed by atoms with Gasteiger partial charge >= 0.3 is 0 Å². The zero-order valence-electron chi connectivity index (χ0n) is 27.9. The van der Waals surface area contributed by atoms with E-state index in [2.05, 4.69) is 46.6 Å². The largest absolute Gasteiger partial charge is 0.361 e. The minimum atomic E-state index is -3.67. The number of rotatable bonds is 5. The van der Waals surface area contributed by atoms with Crippen LogP contribution in [0.5, 0.6) is 0 Å². The van der Waals surface area contributed by atoms with Crippen molar-refractivity contribution in [2.45, 2.75) is 95.5 Å². The van der Waals surface area contributed by atoms with E-state index in [1.165, 1.54) is 21.4 Å². The monoisotopic (exact) mass is 673 g/mol. The first-order chi connectivity index (χ1) is 22.0. The van der Waals surface area contributed by atoms with Gasteiger partial charge in [0.1, 0.15) is 12.1 Å². The number of piperazine rings is 1. The average molecular weight is 674 g/mol. The molecule has 1 aromatic heterocycles. The second kappa shape index (κ2) is 11.8. The number of aromatic nitrogens is 1. The van der Waals surface area contributed by atoms with Gasteiger partial charge in [0.05, 0.1) is 12.2 Å². The Balaban J connectivity index is 0.000000720. The molecule has 7 unspecified atom stereocenters. The van der Waals surface area contributed by atoms with Gasteiger partial charge in [-0.3, -0.25) is 28.6 Å². The minimum absolute atomic E-state index is 0.116. The predicted molar refractivity (Wildman–Crippen MR) is 173 cm³/mol. The number of carbonyl (C=O) groups excluding carboxylic acids is 3. The van der Waals surface area contributed by atoms with Crippen LogP contribution in [0.15, 0.2) is 24.4 Å². The molecule has 2 aromatic rings. The summed E-state index contributed by atoms with van der Waals surface area (Å²) in [7, 11) is -1.59. The summed E-state index contributed by atoms with van der Waals surface area (Å²) in [5, 5.41) is 16.4. The quantitative estimate of drug-likeness (QED) is 0.347. The predicted octanol–water partition coefficient (Wildman–Crippen LogP) is 2.02. The fourth-order valence-corrected chi connectivity index (χ4v) is 8.63. The first kappa shape index (κ1) is 33.8. The zero-order chi connectivity index (χ0) is 34.2. The van der Waals surface area contributed by atoms with Crippen molar-refractivity contribution in [2.75, 3.05) is 26.4 Å². The number of piperidine rings is 1. The fourth-order valence-electron chi connectivity index (χ4n) is 8.63. The van der Waals surface area contributed by atoms with Crippen molar-refractivity contribution in [2.24, 2.45) is 17.8 Å². The lowest BCUT2D eigenvalue weighted by atomic mass is 9.72. The van der Waals surface area contributed by atoms with Crippen LogP contribution < -0.4 is 5.32 Å². The first-order valence-electron chi connectivity index (χ1n) is 16.6. The van der Waals surface area contributed by atoms with Gasteiger partial charge in [-0.25, -0.2) is 0 Å². The average Bonchev–Trinajstić information content (AvgIpc) is 3.68. The van der Waals surface area contributed by atoms with E-state index in [0.29, 0.717) is 38.6 Å². The summed E-state index contributed by atoms with van der Waals surface area (Å²) in [4.78, 5) is 50.8. The molecule has 4 fully saturated rings. The van der Waals surface area contributed by atoms with Crippen LogP contribution in [0, 0.1) is 17.8 Å². The number of nitrogens with one attached hydrogen (secondary N) is 2. The highest BCUT2D eigenvalue weighted by Gasteiger charge is 2.72. The van der Waals surface area contributed by atoms with Crippen LogP contribution in [0.2, 0.25) is 0 Å². The molecule has 0 spiro atoms. The molecule has 5 heterocycles. The molecule has 7 rings (SSSR count). The van der Waals surface area contributed by atoms with E-state index < -0.39 is 45.7 Å². The third-order valence-electron chi connectivity index (χ3n) is 10.7. The number of H-pyrrole nitrogens is 1. The molecule has 0 saturated carbocycles. The van der Waals surface area contributed by atoms with Gasteiger partial charge in [0, 0.05) is 48.1 Å². The molecule has 258 valence electrons. The smallest absolute Gasteiger partial charge is 0.281 e. The number of benzene rings is 1. The molecule has 5 aliphatic rings. The number of hydrogen-bond donors (Lipinski definition) is 4. The standard InChI is InChI=1S/C32H43N5O5.CH4O3S/c1-17(2)12-25-29(39)36-11-7-10-26(36)32(41)37(25)30(40)31(42-32,18(3)4)34-28(38)20-13-22-21-8-6-9-23-27(21)19(15-33-23)14-24(22)35(5)16-20;1-5(2,3)4/h6,8-9,15,17-18,20,22,24-26,33,41H,7,10-14,16H2,1-5H3,(H,34,38);1H3,(H,2,3,4). The molecule has 1 aromatic carbocycles. The second-order valence-corrected chi connectivity index (χ2v) is 16.2. The van der Waals surface area contributed by atoms with Crippen LogP contribution in [0.3, 0.4) is 0 Å². The Morgan fingerprint density at radius 2 is 1.91 bits per heavy atom. The Labute approximate surface area is 275 Å². The summed E-state index contributed by atoms with van der Waals surface area (Å²) < 4.78 is 32.3. The summed E-state index contributed by atoms with van der Waals surface area (Å²) in [6, 6.07) is 5.13. The Hall–Kier alpha value is -3.04. The zero-order valence-corrected chi connectivity index (χ0v) is 28.7. The number of ether oxygens (including phenoxy) is 1. The maximum absolute atomic E-state index is 14.4. The van der Waals surface area contributed by atoms with E-state index in [9.17, 15) is 27.9 Å². The molecule has 3 amide bonds. The summed E-state index contributed by atoms with van der Waals surface area (Å²) >= 11 is 0. The highest BCUT2D eigenvalue weighted by molar-refractivity contribution is 7.85. The molecule has 4 N–H and O–H groups in total. The molecular formula is C33H47N5O8S. The Bertz CT molecular complexity index is 1680. The molecular weight excluding hydrogens is 626 g/mol. The molecule has 14 heteroatoms. The Kier molecular flexibility index (Phi) is 8.52. The number of likely N-dealkylation sites (tertiary alicyclic amines) is 1. The lowest BCUT2D eigenvalue weighted by Gasteiger charge is -2.49. The number of aliphatic hydroxyl groups is 1. The molecule has 13 nitrogen and oxygen atoms in total. The lowest BCUT2D eigenvalue weighted by molar-refractivity contribution is -0.322. The summed E-state index contributed by atoms with van der Waals surface area (Å²) in [6.45, 7) is 8.73. The normalized spacial score (nSPS) is 33.5. The van der Waals surface area contributed by atoms with Gasteiger partial charge in [-0.05, 0) is 62.3 Å². The number of fused-ring (bicyclic) bond motifs is 5. The first-order valence-corrected chi connectivity index (χ1v) is 18.4. The number of aromatic amines is 1. The number of carbonyl (C=O) groups is 3. The van der Waals surface area contributed by atoms with Crippen molar-refractivity contribution in [1.29, 1.82) is 0 Å². The highest BCUT2D eigenvalue weighted by atomic mass is 32.2. The number of hydrogen-bond acceptors (Lipinski definition) is 8. The van der Waals surface area contributed by atoms with Crippen molar-refractivity contribution < 1.29 is 37.2 Å². The third kappa shape index (κ3) is 5.65. The molecule has 4 saturated heterocycles. The molecule has 7 atom stereocenters. The van der Waals surface area contributed by atoms with Gasteiger partial charge < -0.3 is 25.2 Å². The van der Waals surface area contributed by atoms with Crippen molar-refractivity contribution in [3.63, 3.8) is 0 Å². The topological polar surface area (TPSA) is 173 Å². The molecule has 0 bridgehead atoms. The van der Waals surface area contributed by atoms with Crippen molar-refractivity contribution in [1.82, 2.24) is 25.0 Å². The van der Waals surface area contributed by atoms with Gasteiger partial charge in [-0.1, -0.05) is 39.8 Å². The Morgan fingerprint density at radius 3 is 2.57 bits per heavy atom. The third-order valence-corrected chi connectivity index (χ3v) is 10.7. The number of nitrogens with zero attached hydrogens (tertiary/aromatic N) is 3. The van der Waals surface area contributed by atoms with Gasteiger partial charge in [0.25, 0.3) is 21.9 Å². The van der Waals surface area contributed by atoms with Crippen molar-refractivity contribution in [3.8, 4) is 0 Å². The SMILES string of the molecule is CC(C)CC1C(=O)N2CCCC2C2(O)OC(NC(=O)C3CC4c5cccc6[nH]cc(c56)CC4N(C)C3)(C(C)C)C(=O)N12.CS(=O)(=O)O. The minimum Gasteiger partial charge on any atom is -0.361 e. The highest BCUT2D eigenvalue weighted by Crippen LogP contribution is 2.49. The van der Waals surface area contributed by atoms with E-state index in [4.69, 9.17) is 9.29 Å². The number of likely N-dealkylation sites (N-methyl/N-ethyl adjacent to an activating group) is 1. The molecule has 47 heavy (non-hydrogen) atoms. The van der Waals surface area contributed by atoms with Gasteiger partial charge in [0.15, 0.2) is 0 Å². The van der Waals surface area contributed by atoms with E-state index in [-0.39, 0.29) is 35.6 Å². The summed E-state index contributed by atoms with van der Waals surface area (Å²) in [5.41, 5.74) is 1.93. The van der Waals surface area contributed by atoms with Crippen molar-refractivity contribution >= 4 is 38.7 Å². The van der Waals surface area contributed by atoms with E-state index in [0.717, 1.165) is 18.4 Å². The summed E-state index contributed by atoms with van der Waals surface area (Å²) in [5.74, 6) is -3.48. The maximum Gasteiger partial charge on any atom is 0.281 e. The van der Waals surface area contributed by atoms with Crippen LogP contribution in [0.1, 0.15) is 70.4 Å². The molecule has 4 aliphatic heterocycles. The number of amides is 3. The van der Waals surface area contributed by atoms with E-state index in [1.54, 1.807) is 4.90 Å². The van der Waals surface area contributed by atoms with Gasteiger partial charge in [-0.2, -0.15) is 8.42 Å². The van der Waals surface area contributed by atoms with Crippen LogP contribution in [-0.4, -0.2) is 112 Å². The Morgan fingerprint density at radius 1 is 1.21 bits per heavy atom. The fraction of sp³-hybridized carbons (Fsp3) is 0.667.